The summed E-state index contributed by atoms with van der Waals surface area (Å²) in [6.07, 6.45) is 18.9. The Labute approximate surface area is 150 Å². The quantitative estimate of drug-likeness (QED) is 0.195. The second kappa shape index (κ2) is 15.5. The summed E-state index contributed by atoms with van der Waals surface area (Å²) >= 11 is 0. The lowest BCUT2D eigenvalue weighted by molar-refractivity contribution is -0.155. The van der Waals surface area contributed by atoms with Crippen molar-refractivity contribution < 1.29 is 24.3 Å². The summed E-state index contributed by atoms with van der Waals surface area (Å²) in [4.78, 5) is 43.6. The van der Waals surface area contributed by atoms with E-state index in [-0.39, 0.29) is 6.42 Å². The zero-order valence-corrected chi connectivity index (χ0v) is 15.2. The molecule has 5 nitrogen and oxygen atoms in total. The summed E-state index contributed by atoms with van der Waals surface area (Å²) in [6, 6.07) is 0. The Morgan fingerprint density at radius 2 is 1.24 bits per heavy atom. The van der Waals surface area contributed by atoms with Crippen LogP contribution in [0.25, 0.3) is 0 Å². The molecule has 0 atom stereocenters. The average Bonchev–Trinajstić information content (AvgIpc) is 2.60. The Morgan fingerprint density at radius 1 is 0.720 bits per heavy atom. The summed E-state index contributed by atoms with van der Waals surface area (Å²) in [5.74, 6) is -5.92. The molecule has 25 heavy (non-hydrogen) atoms. The molecule has 0 spiro atoms. The molecule has 0 fully saturated rings. The fraction of sp³-hybridized carbons (Fsp3) is 0.600. The van der Waals surface area contributed by atoms with Gasteiger partial charge in [-0.2, -0.15) is 0 Å². The van der Waals surface area contributed by atoms with Gasteiger partial charge in [0.1, 0.15) is 0 Å². The molecular weight excluding hydrogens is 320 g/mol. The number of Topliss-reactive ketones (excluding diaryl/α,β-unsaturated/α-hetero) is 3. The summed E-state index contributed by atoms with van der Waals surface area (Å²) in [6.45, 7) is 2.22. The molecule has 0 heterocycles. The predicted molar refractivity (Wildman–Crippen MR) is 97.4 cm³/mol. The highest BCUT2D eigenvalue weighted by Crippen LogP contribution is 2.08. The number of carbonyl (C=O) groups excluding carboxylic acids is 3. The minimum absolute atomic E-state index is 0.107. The maximum Gasteiger partial charge on any atom is 0.380 e. The van der Waals surface area contributed by atoms with Crippen LogP contribution in [0.4, 0.5) is 0 Å². The molecule has 0 aromatic carbocycles. The molecule has 0 aromatic rings. The van der Waals surface area contributed by atoms with E-state index in [1.54, 1.807) is 0 Å². The van der Waals surface area contributed by atoms with Crippen LogP contribution >= 0.6 is 0 Å². The molecule has 0 unspecified atom stereocenters. The molecule has 5 heteroatoms. The topological polar surface area (TPSA) is 88.5 Å². The van der Waals surface area contributed by atoms with Crippen molar-refractivity contribution >= 4 is 23.3 Å². The molecule has 1 N–H and O–H groups in total. The van der Waals surface area contributed by atoms with Crippen LogP contribution in [-0.4, -0.2) is 28.4 Å². The van der Waals surface area contributed by atoms with Crippen LogP contribution < -0.4 is 0 Å². The first kappa shape index (κ1) is 23.0. The Kier molecular flexibility index (Phi) is 14.2. The Hall–Kier alpha value is -2.04. The number of ketones is 3. The fourth-order valence-corrected chi connectivity index (χ4v) is 2.29. The summed E-state index contributed by atoms with van der Waals surface area (Å²) < 4.78 is 0. The van der Waals surface area contributed by atoms with E-state index in [9.17, 15) is 19.2 Å². The number of unbranched alkanes of at least 4 members (excludes halogenated alkanes) is 8. The summed E-state index contributed by atoms with van der Waals surface area (Å²) in [5, 5.41) is 8.35. The van der Waals surface area contributed by atoms with E-state index in [1.165, 1.54) is 44.9 Å². The fourth-order valence-electron chi connectivity index (χ4n) is 2.29. The lowest BCUT2D eigenvalue weighted by Gasteiger charge is -1.98. The van der Waals surface area contributed by atoms with E-state index >= 15 is 0 Å². The highest BCUT2D eigenvalue weighted by Gasteiger charge is 2.27. The Balaban J connectivity index is 3.63. The molecule has 0 amide bonds. The van der Waals surface area contributed by atoms with Crippen LogP contribution in [-0.2, 0) is 19.2 Å². The van der Waals surface area contributed by atoms with Crippen LogP contribution in [0, 0.1) is 0 Å². The van der Waals surface area contributed by atoms with Gasteiger partial charge in [-0.3, -0.25) is 14.4 Å². The normalized spacial score (nSPS) is 11.2. The average molecular weight is 350 g/mol. The van der Waals surface area contributed by atoms with Crippen molar-refractivity contribution in [1.82, 2.24) is 0 Å². The molecular formula is C20H30O5. The highest BCUT2D eigenvalue weighted by atomic mass is 16.4. The van der Waals surface area contributed by atoms with Gasteiger partial charge < -0.3 is 5.11 Å². The zero-order valence-electron chi connectivity index (χ0n) is 15.2. The Bertz CT molecular complexity index is 488. The molecule has 0 aliphatic heterocycles. The molecule has 0 saturated carbocycles. The van der Waals surface area contributed by atoms with Crippen LogP contribution in [0.3, 0.4) is 0 Å². The van der Waals surface area contributed by atoms with E-state index in [4.69, 9.17) is 5.11 Å². The van der Waals surface area contributed by atoms with Gasteiger partial charge in [0, 0.05) is 6.42 Å². The Morgan fingerprint density at radius 3 is 1.80 bits per heavy atom. The van der Waals surface area contributed by atoms with Crippen molar-refractivity contribution in [1.29, 1.82) is 0 Å². The molecule has 0 saturated heterocycles. The monoisotopic (exact) mass is 350 g/mol. The molecule has 0 bridgehead atoms. The SMILES string of the molecule is CCCCCCCCCC=CC=CCCCC(=O)C(=O)C(=O)C(=O)O. The van der Waals surface area contributed by atoms with Gasteiger partial charge >= 0.3 is 11.8 Å². The number of hydrogen-bond acceptors (Lipinski definition) is 4. The van der Waals surface area contributed by atoms with Gasteiger partial charge in [0.2, 0.25) is 5.78 Å². The number of hydrogen-bond donors (Lipinski definition) is 1. The number of carbonyl (C=O) groups is 4. The third-order valence-corrected chi connectivity index (χ3v) is 3.79. The van der Waals surface area contributed by atoms with E-state index in [0.717, 1.165) is 6.42 Å². The van der Waals surface area contributed by atoms with E-state index in [1.807, 2.05) is 18.2 Å². The number of aliphatic carboxylic acids is 1. The second-order valence-corrected chi connectivity index (χ2v) is 6.05. The zero-order chi connectivity index (χ0) is 18.9. The maximum atomic E-state index is 11.3. The van der Waals surface area contributed by atoms with Crippen LogP contribution in [0.2, 0.25) is 0 Å². The van der Waals surface area contributed by atoms with Gasteiger partial charge in [0.15, 0.2) is 0 Å². The predicted octanol–water partition coefficient (Wildman–Crippen LogP) is 4.20. The van der Waals surface area contributed by atoms with Gasteiger partial charge in [0.05, 0.1) is 0 Å². The van der Waals surface area contributed by atoms with E-state index in [2.05, 4.69) is 13.0 Å². The lowest BCUT2D eigenvalue weighted by Crippen LogP contribution is -2.29. The van der Waals surface area contributed by atoms with Crippen molar-refractivity contribution in [2.45, 2.75) is 77.6 Å². The number of allylic oxidation sites excluding steroid dienone is 4. The molecule has 0 rings (SSSR count). The van der Waals surface area contributed by atoms with Crippen molar-refractivity contribution in [2.24, 2.45) is 0 Å². The molecule has 0 aliphatic carbocycles. The standard InChI is InChI=1S/C20H30O5/c1-2-3-4-5-6-7-8-9-10-11-12-13-14-15-16-17(21)18(22)19(23)20(24)25/h10-13H,2-9,14-16H2,1H3,(H,24,25). The lowest BCUT2D eigenvalue weighted by atomic mass is 10.1. The van der Waals surface area contributed by atoms with Crippen LogP contribution in [0.1, 0.15) is 77.6 Å². The molecule has 0 aromatic heterocycles. The van der Waals surface area contributed by atoms with Gasteiger partial charge in [-0.15, -0.1) is 0 Å². The summed E-state index contributed by atoms with van der Waals surface area (Å²) in [7, 11) is 0. The van der Waals surface area contributed by atoms with Crippen molar-refractivity contribution in [3.63, 3.8) is 0 Å². The third-order valence-electron chi connectivity index (χ3n) is 3.79. The second-order valence-electron chi connectivity index (χ2n) is 6.05. The van der Waals surface area contributed by atoms with E-state index in [0.29, 0.717) is 12.8 Å². The molecule has 0 aliphatic rings. The van der Waals surface area contributed by atoms with Crippen molar-refractivity contribution in [2.75, 3.05) is 0 Å². The largest absolute Gasteiger partial charge is 0.475 e. The molecule has 140 valence electrons. The highest BCUT2D eigenvalue weighted by molar-refractivity contribution is 6.76. The van der Waals surface area contributed by atoms with Crippen molar-refractivity contribution in [3.8, 4) is 0 Å². The number of rotatable bonds is 16. The molecule has 0 radical (unpaired) electrons. The first-order chi connectivity index (χ1) is 12.0. The van der Waals surface area contributed by atoms with Crippen molar-refractivity contribution in [3.05, 3.63) is 24.3 Å². The maximum absolute atomic E-state index is 11.3. The first-order valence-corrected chi connectivity index (χ1v) is 9.17. The number of carboxylic acids is 1. The minimum Gasteiger partial charge on any atom is -0.475 e. The van der Waals surface area contributed by atoms with Crippen LogP contribution in [0.15, 0.2) is 24.3 Å². The summed E-state index contributed by atoms with van der Waals surface area (Å²) in [5.41, 5.74) is 0. The van der Waals surface area contributed by atoms with Gasteiger partial charge in [0.25, 0.3) is 5.78 Å². The van der Waals surface area contributed by atoms with Crippen LogP contribution in [0.5, 0.6) is 0 Å². The number of carboxylic acid groups (broad SMARTS) is 1. The van der Waals surface area contributed by atoms with Gasteiger partial charge in [-0.1, -0.05) is 69.8 Å². The minimum atomic E-state index is -1.88. The van der Waals surface area contributed by atoms with Gasteiger partial charge in [-0.25, -0.2) is 4.79 Å². The third kappa shape index (κ3) is 13.0. The smallest absolute Gasteiger partial charge is 0.380 e. The van der Waals surface area contributed by atoms with Gasteiger partial charge in [-0.05, 0) is 25.7 Å². The first-order valence-electron chi connectivity index (χ1n) is 9.17. The van der Waals surface area contributed by atoms with E-state index < -0.39 is 23.3 Å².